The molecule has 0 saturated carbocycles. The molecule has 0 radical (unpaired) electrons. The molecule has 2 N–H and O–H groups in total. The number of carbonyl (C=O) groups is 2. The molecule has 0 aliphatic carbocycles. The molecule has 0 aliphatic heterocycles. The van der Waals surface area contributed by atoms with E-state index < -0.39 is 11.5 Å². The molecule has 4 aromatic rings. The fraction of sp³-hybridized carbons (Fsp3) is 0.167. The molecule has 0 spiro atoms. The first-order valence-electron chi connectivity index (χ1n) is 10.0. The van der Waals surface area contributed by atoms with Crippen LogP contribution >= 0.6 is 11.3 Å². The van der Waals surface area contributed by atoms with E-state index in [-0.39, 0.29) is 29.4 Å². The lowest BCUT2D eigenvalue weighted by Crippen LogP contribution is -2.35. The molecule has 2 heterocycles. The van der Waals surface area contributed by atoms with Crippen molar-refractivity contribution >= 4 is 33.4 Å². The molecule has 4 rings (SSSR count). The number of hydrogen-bond acceptors (Lipinski definition) is 5. The lowest BCUT2D eigenvalue weighted by molar-refractivity contribution is -0.122. The number of aromatic carboxylic acids is 1. The number of fused-ring (bicyclic) bond motifs is 1. The zero-order chi connectivity index (χ0) is 22.8. The van der Waals surface area contributed by atoms with Crippen LogP contribution in [0.1, 0.15) is 34.5 Å². The van der Waals surface area contributed by atoms with Crippen molar-refractivity contribution in [2.45, 2.75) is 26.4 Å². The summed E-state index contributed by atoms with van der Waals surface area (Å²) < 4.78 is 1.25. The van der Waals surface area contributed by atoms with E-state index in [1.165, 1.54) is 9.95 Å². The number of carboxylic acid groups (broad SMARTS) is 1. The van der Waals surface area contributed by atoms with Gasteiger partial charge < -0.3 is 10.4 Å². The Kier molecular flexibility index (Phi) is 5.87. The number of carbonyl (C=O) groups excluding carboxylic acids is 1. The maximum Gasteiger partial charge on any atom is 0.337 e. The van der Waals surface area contributed by atoms with E-state index in [9.17, 15) is 19.5 Å². The van der Waals surface area contributed by atoms with Crippen LogP contribution in [0, 0.1) is 6.92 Å². The first-order valence-corrected chi connectivity index (χ1v) is 10.9. The van der Waals surface area contributed by atoms with Crippen molar-refractivity contribution in [3.05, 3.63) is 87.0 Å². The quantitative estimate of drug-likeness (QED) is 0.465. The molecular weight excluding hydrogens is 426 g/mol. The van der Waals surface area contributed by atoms with Crippen LogP contribution in [0.5, 0.6) is 0 Å². The van der Waals surface area contributed by atoms with Gasteiger partial charge in [-0.1, -0.05) is 60.2 Å². The fourth-order valence-corrected chi connectivity index (χ4v) is 4.41. The number of nitrogens with zero attached hydrogens (tertiary/aromatic N) is 2. The summed E-state index contributed by atoms with van der Waals surface area (Å²) in [6.07, 6.45) is 0. The second-order valence-corrected chi connectivity index (χ2v) is 8.39. The van der Waals surface area contributed by atoms with Crippen LogP contribution in [0.15, 0.2) is 64.8 Å². The molecule has 2 aromatic heterocycles. The summed E-state index contributed by atoms with van der Waals surface area (Å²) in [4.78, 5) is 42.7. The van der Waals surface area contributed by atoms with E-state index in [0.29, 0.717) is 16.2 Å². The van der Waals surface area contributed by atoms with Gasteiger partial charge in [-0.15, -0.1) is 11.3 Å². The van der Waals surface area contributed by atoms with Gasteiger partial charge in [0.25, 0.3) is 5.56 Å². The lowest BCUT2D eigenvalue weighted by Gasteiger charge is -2.17. The highest BCUT2D eigenvalue weighted by molar-refractivity contribution is 7.17. The maximum atomic E-state index is 13.4. The number of thiophene rings is 1. The van der Waals surface area contributed by atoms with Gasteiger partial charge in [-0.2, -0.15) is 0 Å². The Morgan fingerprint density at radius 1 is 1.12 bits per heavy atom. The Hall–Kier alpha value is -3.78. The van der Waals surface area contributed by atoms with Gasteiger partial charge in [-0.05, 0) is 19.4 Å². The highest BCUT2D eigenvalue weighted by atomic mass is 32.1. The van der Waals surface area contributed by atoms with Crippen molar-refractivity contribution in [1.29, 1.82) is 0 Å². The minimum absolute atomic E-state index is 0.0160. The number of rotatable bonds is 6. The van der Waals surface area contributed by atoms with Gasteiger partial charge in [-0.25, -0.2) is 9.78 Å². The van der Waals surface area contributed by atoms with Crippen molar-refractivity contribution in [3.63, 3.8) is 0 Å². The highest BCUT2D eigenvalue weighted by Crippen LogP contribution is 2.25. The second kappa shape index (κ2) is 8.76. The number of aromatic nitrogens is 2. The summed E-state index contributed by atoms with van der Waals surface area (Å²) in [6.45, 7) is 3.53. The average Bonchev–Trinajstić information content (AvgIpc) is 3.21. The summed E-state index contributed by atoms with van der Waals surface area (Å²) >= 11 is 1.10. The Labute approximate surface area is 188 Å². The van der Waals surface area contributed by atoms with Gasteiger partial charge >= 0.3 is 5.97 Å². The van der Waals surface area contributed by atoms with Crippen LogP contribution in [-0.4, -0.2) is 26.5 Å². The van der Waals surface area contributed by atoms with Crippen molar-refractivity contribution in [1.82, 2.24) is 14.9 Å². The molecule has 1 amide bonds. The molecular formula is C24H21N3O4S. The van der Waals surface area contributed by atoms with E-state index in [1.807, 2.05) is 68.4 Å². The van der Waals surface area contributed by atoms with Crippen molar-refractivity contribution in [3.8, 4) is 11.4 Å². The smallest absolute Gasteiger partial charge is 0.337 e. The number of nitrogens with one attached hydrogen (secondary N) is 1. The van der Waals surface area contributed by atoms with E-state index in [4.69, 9.17) is 0 Å². The molecule has 1 atom stereocenters. The summed E-state index contributed by atoms with van der Waals surface area (Å²) in [7, 11) is 0. The van der Waals surface area contributed by atoms with Gasteiger partial charge in [0.05, 0.1) is 17.0 Å². The molecule has 0 bridgehead atoms. The second-order valence-electron chi connectivity index (χ2n) is 7.53. The molecule has 7 nitrogen and oxygen atoms in total. The average molecular weight is 448 g/mol. The van der Waals surface area contributed by atoms with E-state index >= 15 is 0 Å². The summed E-state index contributed by atoms with van der Waals surface area (Å²) in [5.41, 5.74) is 1.99. The summed E-state index contributed by atoms with van der Waals surface area (Å²) in [6, 6.07) is 16.7. The third-order valence-corrected chi connectivity index (χ3v) is 6.08. The zero-order valence-electron chi connectivity index (χ0n) is 17.5. The standard InChI is InChI=1S/C24H21N3O4S/c1-14-8-10-17(11-9-14)21-26-22-20(18(13-32-22)24(30)31)23(29)27(21)12-19(28)25-15(2)16-6-4-3-5-7-16/h3-11,13,15H,12H2,1-2H3,(H,25,28)(H,30,31). The van der Waals surface area contributed by atoms with Crippen LogP contribution in [0.4, 0.5) is 0 Å². The summed E-state index contributed by atoms with van der Waals surface area (Å²) in [5.74, 6) is -1.25. The minimum atomic E-state index is -1.20. The zero-order valence-corrected chi connectivity index (χ0v) is 18.3. The molecule has 1 unspecified atom stereocenters. The topological polar surface area (TPSA) is 101 Å². The van der Waals surface area contributed by atoms with Crippen LogP contribution in [-0.2, 0) is 11.3 Å². The number of hydrogen-bond donors (Lipinski definition) is 2. The third kappa shape index (κ3) is 4.17. The van der Waals surface area contributed by atoms with Gasteiger partial charge in [0.2, 0.25) is 5.91 Å². The predicted molar refractivity (Wildman–Crippen MR) is 124 cm³/mol. The van der Waals surface area contributed by atoms with Crippen molar-refractivity contribution < 1.29 is 14.7 Å². The van der Waals surface area contributed by atoms with Gasteiger partial charge in [0.15, 0.2) is 0 Å². The predicted octanol–water partition coefficient (Wildman–Crippen LogP) is 4.01. The first kappa shape index (κ1) is 21.5. The fourth-order valence-electron chi connectivity index (χ4n) is 3.51. The number of amides is 1. The number of carboxylic acids is 1. The molecule has 0 fully saturated rings. The molecule has 32 heavy (non-hydrogen) atoms. The molecule has 0 saturated heterocycles. The normalized spacial score (nSPS) is 11.9. The Bertz CT molecular complexity index is 1360. The van der Waals surface area contributed by atoms with Crippen LogP contribution < -0.4 is 10.9 Å². The first-order chi connectivity index (χ1) is 15.3. The maximum absolute atomic E-state index is 13.4. The number of aryl methyl sites for hydroxylation is 1. The van der Waals surface area contributed by atoms with Gasteiger partial charge in [-0.3, -0.25) is 14.2 Å². The Morgan fingerprint density at radius 2 is 1.81 bits per heavy atom. The van der Waals surface area contributed by atoms with Gasteiger partial charge in [0.1, 0.15) is 17.2 Å². The Balaban J connectivity index is 1.77. The SMILES string of the molecule is Cc1ccc(-c2nc3scc(C(=O)O)c3c(=O)n2CC(=O)NC(C)c2ccccc2)cc1. The van der Waals surface area contributed by atoms with E-state index in [0.717, 1.165) is 22.5 Å². The monoisotopic (exact) mass is 447 g/mol. The molecule has 0 aliphatic rings. The molecule has 2 aromatic carbocycles. The van der Waals surface area contributed by atoms with Crippen molar-refractivity contribution in [2.75, 3.05) is 0 Å². The van der Waals surface area contributed by atoms with Crippen LogP contribution in [0.2, 0.25) is 0 Å². The lowest BCUT2D eigenvalue weighted by atomic mass is 10.1. The van der Waals surface area contributed by atoms with Crippen molar-refractivity contribution in [2.24, 2.45) is 0 Å². The highest BCUT2D eigenvalue weighted by Gasteiger charge is 2.22. The van der Waals surface area contributed by atoms with Gasteiger partial charge in [0, 0.05) is 10.9 Å². The Morgan fingerprint density at radius 3 is 2.47 bits per heavy atom. The van der Waals surface area contributed by atoms with E-state index in [2.05, 4.69) is 10.3 Å². The van der Waals surface area contributed by atoms with E-state index in [1.54, 1.807) is 0 Å². The number of benzene rings is 2. The largest absolute Gasteiger partial charge is 0.478 e. The minimum Gasteiger partial charge on any atom is -0.478 e. The molecule has 162 valence electrons. The molecule has 8 heteroatoms. The van der Waals surface area contributed by atoms with Crippen LogP contribution in [0.25, 0.3) is 21.6 Å². The third-order valence-electron chi connectivity index (χ3n) is 5.21. The summed E-state index contributed by atoms with van der Waals surface area (Å²) in [5, 5.41) is 13.8. The van der Waals surface area contributed by atoms with Crippen LogP contribution in [0.3, 0.4) is 0 Å².